The maximum absolute atomic E-state index is 14.1. The average molecular weight is 410 g/mol. The molecule has 1 N–H and O–H groups in total. The number of aryl methyl sites for hydroxylation is 2. The SMILES string of the molecule is Cc1cc(NC(=O)c2sc3cccc(F)c3c2C)n(-c2ccc([N+](=O)[O-])cc2)n1. The van der Waals surface area contributed by atoms with Crippen LogP contribution in [0.1, 0.15) is 20.9 Å². The number of rotatable bonds is 4. The Hall–Kier alpha value is -3.59. The van der Waals surface area contributed by atoms with Crippen LogP contribution in [-0.2, 0) is 0 Å². The molecule has 2 aromatic heterocycles. The van der Waals surface area contributed by atoms with Crippen molar-refractivity contribution in [2.24, 2.45) is 0 Å². The topological polar surface area (TPSA) is 90.1 Å². The number of hydrogen-bond donors (Lipinski definition) is 1. The number of nitrogens with one attached hydrogen (secondary N) is 1. The van der Waals surface area contributed by atoms with Crippen LogP contribution in [0.15, 0.2) is 48.5 Å². The van der Waals surface area contributed by atoms with E-state index in [1.165, 1.54) is 34.2 Å². The molecular weight excluding hydrogens is 395 g/mol. The van der Waals surface area contributed by atoms with Gasteiger partial charge in [0.2, 0.25) is 0 Å². The minimum atomic E-state index is -0.482. The summed E-state index contributed by atoms with van der Waals surface area (Å²) in [5, 5.41) is 18.5. The number of non-ortho nitro benzene ring substituents is 1. The molecule has 0 bridgehead atoms. The largest absolute Gasteiger partial charge is 0.306 e. The van der Waals surface area contributed by atoms with Crippen LogP contribution in [0.4, 0.5) is 15.9 Å². The van der Waals surface area contributed by atoms with E-state index in [9.17, 15) is 19.3 Å². The Morgan fingerprint density at radius 2 is 1.93 bits per heavy atom. The molecule has 0 aliphatic heterocycles. The van der Waals surface area contributed by atoms with Crippen molar-refractivity contribution in [3.63, 3.8) is 0 Å². The minimum Gasteiger partial charge on any atom is -0.306 e. The molecule has 0 aliphatic carbocycles. The summed E-state index contributed by atoms with van der Waals surface area (Å²) in [5.74, 6) is -0.313. The molecule has 0 saturated carbocycles. The fourth-order valence-corrected chi connectivity index (χ4v) is 4.26. The van der Waals surface area contributed by atoms with E-state index in [1.807, 2.05) is 0 Å². The number of carbonyl (C=O) groups is 1. The highest BCUT2D eigenvalue weighted by molar-refractivity contribution is 7.21. The van der Waals surface area contributed by atoms with Crippen molar-refractivity contribution in [3.05, 3.63) is 80.6 Å². The summed E-state index contributed by atoms with van der Waals surface area (Å²) >= 11 is 1.22. The highest BCUT2D eigenvalue weighted by Crippen LogP contribution is 2.33. The van der Waals surface area contributed by atoms with E-state index in [4.69, 9.17) is 0 Å². The first-order valence-corrected chi connectivity index (χ1v) is 9.47. The second-order valence-electron chi connectivity index (χ2n) is 6.48. The van der Waals surface area contributed by atoms with E-state index >= 15 is 0 Å². The van der Waals surface area contributed by atoms with Crippen LogP contribution in [0.5, 0.6) is 0 Å². The number of nitro benzene ring substituents is 1. The Balaban J connectivity index is 1.69. The number of aromatic nitrogens is 2. The third-order valence-electron chi connectivity index (χ3n) is 4.49. The van der Waals surface area contributed by atoms with Gasteiger partial charge in [-0.05, 0) is 43.7 Å². The molecule has 4 aromatic rings. The van der Waals surface area contributed by atoms with Crippen molar-refractivity contribution in [1.29, 1.82) is 0 Å². The number of fused-ring (bicyclic) bond motifs is 1. The predicted octanol–water partition coefficient (Wildman–Crippen LogP) is 5.00. The van der Waals surface area contributed by atoms with Gasteiger partial charge < -0.3 is 5.32 Å². The number of hydrogen-bond acceptors (Lipinski definition) is 5. The van der Waals surface area contributed by atoms with Gasteiger partial charge in [-0.25, -0.2) is 9.07 Å². The molecule has 0 unspecified atom stereocenters. The molecule has 0 spiro atoms. The molecule has 0 aliphatic rings. The highest BCUT2D eigenvalue weighted by Gasteiger charge is 2.20. The molecule has 0 fully saturated rings. The van der Waals surface area contributed by atoms with Gasteiger partial charge in [-0.1, -0.05) is 6.07 Å². The lowest BCUT2D eigenvalue weighted by Crippen LogP contribution is -2.14. The van der Waals surface area contributed by atoms with Crippen LogP contribution in [0.2, 0.25) is 0 Å². The number of carbonyl (C=O) groups excluding carboxylic acids is 1. The predicted molar refractivity (Wildman–Crippen MR) is 109 cm³/mol. The molecule has 4 rings (SSSR count). The van der Waals surface area contributed by atoms with Crippen molar-refractivity contribution in [2.45, 2.75) is 13.8 Å². The lowest BCUT2D eigenvalue weighted by Gasteiger charge is -2.08. The Morgan fingerprint density at radius 3 is 2.59 bits per heavy atom. The van der Waals surface area contributed by atoms with Crippen LogP contribution in [-0.4, -0.2) is 20.6 Å². The van der Waals surface area contributed by atoms with Crippen molar-refractivity contribution in [2.75, 3.05) is 5.32 Å². The second-order valence-corrected chi connectivity index (χ2v) is 7.53. The molecule has 1 amide bonds. The Kier molecular flexibility index (Phi) is 4.59. The van der Waals surface area contributed by atoms with E-state index < -0.39 is 4.92 Å². The van der Waals surface area contributed by atoms with Gasteiger partial charge in [0, 0.05) is 28.3 Å². The van der Waals surface area contributed by atoms with Crippen LogP contribution < -0.4 is 5.32 Å². The fourth-order valence-electron chi connectivity index (χ4n) is 3.14. The standard InChI is InChI=1S/C20H15FN4O3S/c1-11-10-17(24(23-11)13-6-8-14(9-7-13)25(27)28)22-20(26)19-12(2)18-15(21)4-3-5-16(18)29-19/h3-10H,1-2H3,(H,22,26). The highest BCUT2D eigenvalue weighted by atomic mass is 32.1. The summed E-state index contributed by atoms with van der Waals surface area (Å²) in [7, 11) is 0. The smallest absolute Gasteiger partial charge is 0.269 e. The Bertz CT molecular complexity index is 1260. The molecular formula is C20H15FN4O3S. The first-order chi connectivity index (χ1) is 13.8. The zero-order valence-electron chi connectivity index (χ0n) is 15.5. The number of amides is 1. The van der Waals surface area contributed by atoms with Gasteiger partial charge in [0.15, 0.2) is 0 Å². The average Bonchev–Trinajstić information content (AvgIpc) is 3.22. The van der Waals surface area contributed by atoms with E-state index in [-0.39, 0.29) is 17.4 Å². The summed E-state index contributed by atoms with van der Waals surface area (Å²) in [6, 6.07) is 12.3. The van der Waals surface area contributed by atoms with Gasteiger partial charge in [-0.2, -0.15) is 5.10 Å². The van der Waals surface area contributed by atoms with Crippen molar-refractivity contribution < 1.29 is 14.1 Å². The molecule has 29 heavy (non-hydrogen) atoms. The van der Waals surface area contributed by atoms with Crippen LogP contribution in [0.25, 0.3) is 15.8 Å². The zero-order valence-corrected chi connectivity index (χ0v) is 16.3. The molecule has 9 heteroatoms. The van der Waals surface area contributed by atoms with Crippen molar-refractivity contribution in [1.82, 2.24) is 9.78 Å². The summed E-state index contributed by atoms with van der Waals surface area (Å²) in [6.07, 6.45) is 0. The maximum Gasteiger partial charge on any atom is 0.269 e. The Labute approximate surface area is 168 Å². The van der Waals surface area contributed by atoms with Gasteiger partial charge in [-0.3, -0.25) is 14.9 Å². The summed E-state index contributed by atoms with van der Waals surface area (Å²) < 4.78 is 16.3. The Morgan fingerprint density at radius 1 is 1.21 bits per heavy atom. The first-order valence-electron chi connectivity index (χ1n) is 8.65. The summed E-state index contributed by atoms with van der Waals surface area (Å²) in [4.78, 5) is 23.7. The fraction of sp³-hybridized carbons (Fsp3) is 0.100. The summed E-state index contributed by atoms with van der Waals surface area (Å²) in [6.45, 7) is 3.49. The molecule has 7 nitrogen and oxygen atoms in total. The van der Waals surface area contributed by atoms with Gasteiger partial charge in [-0.15, -0.1) is 11.3 Å². The van der Waals surface area contributed by atoms with Gasteiger partial charge in [0.05, 0.1) is 21.2 Å². The third kappa shape index (κ3) is 3.36. The van der Waals surface area contributed by atoms with E-state index in [0.29, 0.717) is 37.7 Å². The summed E-state index contributed by atoms with van der Waals surface area (Å²) in [5.41, 5.74) is 1.78. The van der Waals surface area contributed by atoms with Crippen molar-refractivity contribution in [3.8, 4) is 5.69 Å². The minimum absolute atomic E-state index is 0.0360. The number of nitro groups is 1. The van der Waals surface area contributed by atoms with Crippen LogP contribution >= 0.6 is 11.3 Å². The quantitative estimate of drug-likeness (QED) is 0.378. The third-order valence-corrected chi connectivity index (χ3v) is 5.74. The lowest BCUT2D eigenvalue weighted by molar-refractivity contribution is -0.384. The van der Waals surface area contributed by atoms with E-state index in [2.05, 4.69) is 10.4 Å². The molecule has 146 valence electrons. The number of thiophene rings is 1. The number of anilines is 1. The van der Waals surface area contributed by atoms with Gasteiger partial charge in [0.25, 0.3) is 11.6 Å². The zero-order chi connectivity index (χ0) is 20.7. The second kappa shape index (κ2) is 7.10. The monoisotopic (exact) mass is 410 g/mol. The molecule has 2 heterocycles. The first kappa shape index (κ1) is 18.8. The lowest BCUT2D eigenvalue weighted by atomic mass is 10.1. The maximum atomic E-state index is 14.1. The van der Waals surface area contributed by atoms with E-state index in [0.717, 1.165) is 0 Å². The van der Waals surface area contributed by atoms with Crippen LogP contribution in [0, 0.1) is 29.8 Å². The van der Waals surface area contributed by atoms with E-state index in [1.54, 1.807) is 44.2 Å². The van der Waals surface area contributed by atoms with Crippen LogP contribution in [0.3, 0.4) is 0 Å². The molecule has 0 saturated heterocycles. The van der Waals surface area contributed by atoms with Crippen molar-refractivity contribution >= 4 is 38.8 Å². The normalized spacial score (nSPS) is 11.0. The molecule has 2 aromatic carbocycles. The van der Waals surface area contributed by atoms with Gasteiger partial charge in [0.1, 0.15) is 11.6 Å². The molecule has 0 radical (unpaired) electrons. The number of benzene rings is 2. The number of nitrogens with zero attached hydrogens (tertiary/aromatic N) is 3. The number of halogens is 1. The van der Waals surface area contributed by atoms with Gasteiger partial charge >= 0.3 is 0 Å². The molecule has 0 atom stereocenters.